The van der Waals surface area contributed by atoms with Gasteiger partial charge in [0.15, 0.2) is 0 Å². The Bertz CT molecular complexity index is 912. The van der Waals surface area contributed by atoms with Gasteiger partial charge in [-0.1, -0.05) is 30.3 Å². The number of hydrogen-bond acceptors (Lipinski definition) is 3. The van der Waals surface area contributed by atoms with Gasteiger partial charge in [0.05, 0.1) is 23.3 Å². The molecule has 1 aliphatic heterocycles. The summed E-state index contributed by atoms with van der Waals surface area (Å²) in [5.74, 6) is 0. The fourth-order valence-electron chi connectivity index (χ4n) is 3.92. The molecule has 0 N–H and O–H groups in total. The van der Waals surface area contributed by atoms with Gasteiger partial charge in [0, 0.05) is 11.9 Å². The van der Waals surface area contributed by atoms with Gasteiger partial charge in [0.2, 0.25) is 0 Å². The first kappa shape index (κ1) is 15.7. The summed E-state index contributed by atoms with van der Waals surface area (Å²) in [6, 6.07) is 17.2. The van der Waals surface area contributed by atoms with Crippen molar-refractivity contribution in [2.45, 2.75) is 33.9 Å². The van der Waals surface area contributed by atoms with Crippen LogP contribution in [0.25, 0.3) is 0 Å². The molecule has 1 aliphatic rings. The first-order valence-corrected chi connectivity index (χ1v) is 8.74. The van der Waals surface area contributed by atoms with Crippen LogP contribution in [0.2, 0.25) is 0 Å². The number of pyridine rings is 1. The minimum absolute atomic E-state index is 0.181. The van der Waals surface area contributed by atoms with Crippen LogP contribution < -0.4 is 9.80 Å². The molecule has 3 nitrogen and oxygen atoms in total. The average molecular weight is 329 g/mol. The summed E-state index contributed by atoms with van der Waals surface area (Å²) < 4.78 is 0. The van der Waals surface area contributed by atoms with Crippen molar-refractivity contribution in [2.24, 2.45) is 0 Å². The fraction of sp³-hybridized carbons (Fsp3) is 0.227. The molecule has 1 atom stereocenters. The van der Waals surface area contributed by atoms with Gasteiger partial charge in [-0.15, -0.1) is 0 Å². The van der Waals surface area contributed by atoms with Gasteiger partial charge < -0.3 is 9.80 Å². The molecule has 0 amide bonds. The standard InChI is InChI=1S/C22H23N3/c1-15-12-13-23-14-21(15)24-18(4)25(20-11-6-5-10-19(20)24)22-16(2)8-7-9-17(22)3/h5-14,18H,1-4H3/t18-/m0/s1. The van der Waals surface area contributed by atoms with E-state index in [0.717, 1.165) is 5.69 Å². The van der Waals surface area contributed by atoms with Crippen molar-refractivity contribution < 1.29 is 0 Å². The van der Waals surface area contributed by atoms with Crippen LogP contribution in [0.15, 0.2) is 60.9 Å². The second-order valence-corrected chi connectivity index (χ2v) is 6.76. The van der Waals surface area contributed by atoms with Crippen LogP contribution in [0, 0.1) is 20.8 Å². The van der Waals surface area contributed by atoms with E-state index in [1.807, 2.05) is 12.4 Å². The number of aromatic nitrogens is 1. The van der Waals surface area contributed by atoms with E-state index in [4.69, 9.17) is 0 Å². The van der Waals surface area contributed by atoms with Crippen molar-refractivity contribution in [1.29, 1.82) is 0 Å². The van der Waals surface area contributed by atoms with Crippen LogP contribution in [-0.2, 0) is 0 Å². The van der Waals surface area contributed by atoms with Crippen molar-refractivity contribution in [2.75, 3.05) is 9.80 Å². The molecule has 0 bridgehead atoms. The molecular formula is C22H23N3. The van der Waals surface area contributed by atoms with Gasteiger partial charge in [-0.25, -0.2) is 0 Å². The van der Waals surface area contributed by atoms with Crippen molar-refractivity contribution in [3.05, 3.63) is 77.6 Å². The zero-order valence-electron chi connectivity index (χ0n) is 15.2. The normalized spacial score (nSPS) is 16.2. The highest BCUT2D eigenvalue weighted by Gasteiger charge is 2.36. The molecule has 126 valence electrons. The molecule has 25 heavy (non-hydrogen) atoms. The van der Waals surface area contributed by atoms with Crippen molar-refractivity contribution in [3.8, 4) is 0 Å². The second kappa shape index (κ2) is 5.92. The Labute approximate surface area is 149 Å². The molecule has 0 aliphatic carbocycles. The summed E-state index contributed by atoms with van der Waals surface area (Å²) in [6.45, 7) is 8.79. The van der Waals surface area contributed by atoms with Gasteiger partial charge >= 0.3 is 0 Å². The molecule has 0 saturated heterocycles. The Hall–Kier alpha value is -2.81. The average Bonchev–Trinajstić information content (AvgIpc) is 2.88. The number of anilines is 4. The molecule has 3 aromatic rings. The number of para-hydroxylation sites is 3. The zero-order valence-corrected chi connectivity index (χ0v) is 15.2. The summed E-state index contributed by atoms with van der Waals surface area (Å²) in [6.07, 6.45) is 4.01. The number of benzene rings is 2. The van der Waals surface area contributed by atoms with Gasteiger partial charge in [-0.05, 0) is 62.6 Å². The first-order chi connectivity index (χ1) is 12.1. The summed E-state index contributed by atoms with van der Waals surface area (Å²) >= 11 is 0. The maximum atomic E-state index is 4.37. The molecule has 1 aromatic heterocycles. The van der Waals surface area contributed by atoms with Gasteiger partial charge in [0.1, 0.15) is 6.17 Å². The van der Waals surface area contributed by atoms with E-state index >= 15 is 0 Å². The third kappa shape index (κ3) is 2.39. The highest BCUT2D eigenvalue weighted by atomic mass is 15.4. The lowest BCUT2D eigenvalue weighted by Crippen LogP contribution is -2.36. The minimum atomic E-state index is 0.181. The van der Waals surface area contributed by atoms with Gasteiger partial charge in [0.25, 0.3) is 0 Å². The molecule has 4 rings (SSSR count). The van der Waals surface area contributed by atoms with E-state index in [1.54, 1.807) is 0 Å². The predicted octanol–water partition coefficient (Wildman–Crippen LogP) is 5.64. The van der Waals surface area contributed by atoms with Crippen LogP contribution in [0.5, 0.6) is 0 Å². The quantitative estimate of drug-likeness (QED) is 0.606. The van der Waals surface area contributed by atoms with E-state index in [2.05, 4.69) is 91.0 Å². The van der Waals surface area contributed by atoms with Crippen molar-refractivity contribution in [1.82, 2.24) is 4.98 Å². The lowest BCUT2D eigenvalue weighted by atomic mass is 10.1. The predicted molar refractivity (Wildman–Crippen MR) is 105 cm³/mol. The smallest absolute Gasteiger partial charge is 0.108 e. The van der Waals surface area contributed by atoms with Gasteiger partial charge in [-0.3, -0.25) is 4.98 Å². The largest absolute Gasteiger partial charge is 0.318 e. The van der Waals surface area contributed by atoms with Crippen LogP contribution in [0.4, 0.5) is 22.7 Å². The molecule has 0 saturated carbocycles. The van der Waals surface area contributed by atoms with Crippen LogP contribution in [-0.4, -0.2) is 11.1 Å². The Morgan fingerprint density at radius 3 is 2.00 bits per heavy atom. The fourth-order valence-corrected chi connectivity index (χ4v) is 3.92. The van der Waals surface area contributed by atoms with Gasteiger partial charge in [-0.2, -0.15) is 0 Å². The Balaban J connectivity index is 1.93. The molecule has 0 unspecified atom stereocenters. The highest BCUT2D eigenvalue weighted by Crippen LogP contribution is 2.49. The number of nitrogens with zero attached hydrogens (tertiary/aromatic N) is 3. The second-order valence-electron chi connectivity index (χ2n) is 6.76. The molecule has 0 fully saturated rings. The monoisotopic (exact) mass is 329 g/mol. The number of fused-ring (bicyclic) bond motifs is 1. The lowest BCUT2D eigenvalue weighted by Gasteiger charge is -2.32. The summed E-state index contributed by atoms with van der Waals surface area (Å²) in [5.41, 5.74) is 8.77. The molecule has 2 heterocycles. The summed E-state index contributed by atoms with van der Waals surface area (Å²) in [4.78, 5) is 9.21. The maximum absolute atomic E-state index is 4.37. The lowest BCUT2D eigenvalue weighted by molar-refractivity contribution is 0.754. The Morgan fingerprint density at radius 2 is 1.36 bits per heavy atom. The number of aryl methyl sites for hydroxylation is 3. The molecule has 3 heteroatoms. The van der Waals surface area contributed by atoms with E-state index in [-0.39, 0.29) is 6.17 Å². The Kier molecular flexibility index (Phi) is 3.72. The first-order valence-electron chi connectivity index (χ1n) is 8.74. The third-order valence-electron chi connectivity index (χ3n) is 5.10. The van der Waals surface area contributed by atoms with Crippen molar-refractivity contribution >= 4 is 22.7 Å². The highest BCUT2D eigenvalue weighted by molar-refractivity contribution is 5.89. The van der Waals surface area contributed by atoms with E-state index in [0.29, 0.717) is 0 Å². The SMILES string of the molecule is Cc1ccncc1N1c2ccccc2N(c2c(C)cccc2C)[C@H]1C. The van der Waals surface area contributed by atoms with Crippen LogP contribution in [0.1, 0.15) is 23.6 Å². The maximum Gasteiger partial charge on any atom is 0.108 e. The molecule has 2 aromatic carbocycles. The van der Waals surface area contributed by atoms with E-state index in [1.165, 1.54) is 33.8 Å². The van der Waals surface area contributed by atoms with Crippen LogP contribution >= 0.6 is 0 Å². The molecule has 0 radical (unpaired) electrons. The Morgan fingerprint density at radius 1 is 0.720 bits per heavy atom. The van der Waals surface area contributed by atoms with E-state index < -0.39 is 0 Å². The molecular weight excluding hydrogens is 306 g/mol. The zero-order chi connectivity index (χ0) is 17.6. The minimum Gasteiger partial charge on any atom is -0.318 e. The summed E-state index contributed by atoms with van der Waals surface area (Å²) in [5, 5.41) is 0. The number of hydrogen-bond donors (Lipinski definition) is 0. The van der Waals surface area contributed by atoms with Crippen molar-refractivity contribution in [3.63, 3.8) is 0 Å². The topological polar surface area (TPSA) is 19.4 Å². The molecule has 0 spiro atoms. The number of rotatable bonds is 2. The van der Waals surface area contributed by atoms with Crippen LogP contribution in [0.3, 0.4) is 0 Å². The third-order valence-corrected chi connectivity index (χ3v) is 5.10. The summed E-state index contributed by atoms with van der Waals surface area (Å²) in [7, 11) is 0. The van der Waals surface area contributed by atoms with E-state index in [9.17, 15) is 0 Å².